The summed E-state index contributed by atoms with van der Waals surface area (Å²) in [6, 6.07) is 0. The Morgan fingerprint density at radius 1 is 1.00 bits per heavy atom. The Balaban J connectivity index is 3.83. The number of aliphatic carboxylic acids is 1. The SMILES string of the molecule is CC(C)(CO)C(O)C(=O)NCCC(=O)NCCSC(=O)CC(O)CCCCC(=O)O. The maximum Gasteiger partial charge on any atom is 0.303 e. The van der Waals surface area contributed by atoms with E-state index in [2.05, 4.69) is 10.6 Å². The van der Waals surface area contributed by atoms with Gasteiger partial charge in [-0.3, -0.25) is 19.2 Å². The second-order valence-corrected chi connectivity index (χ2v) is 8.81. The fourth-order valence-corrected chi connectivity index (χ4v) is 3.03. The highest BCUT2D eigenvalue weighted by Crippen LogP contribution is 2.19. The molecule has 0 spiro atoms. The first-order valence-corrected chi connectivity index (χ1v) is 10.9. The first-order chi connectivity index (χ1) is 14.0. The van der Waals surface area contributed by atoms with E-state index in [1.54, 1.807) is 13.8 Å². The summed E-state index contributed by atoms with van der Waals surface area (Å²) >= 11 is 0.994. The molecule has 2 atom stereocenters. The maximum absolute atomic E-state index is 11.8. The Bertz CT molecular complexity index is 571. The minimum Gasteiger partial charge on any atom is -0.481 e. The van der Waals surface area contributed by atoms with Gasteiger partial charge in [-0.25, -0.2) is 0 Å². The predicted octanol–water partition coefficient (Wildman–Crippen LogP) is -0.356. The maximum atomic E-state index is 11.8. The molecule has 0 aromatic heterocycles. The van der Waals surface area contributed by atoms with Gasteiger partial charge in [0.2, 0.25) is 11.8 Å². The summed E-state index contributed by atoms with van der Waals surface area (Å²) in [4.78, 5) is 45.7. The Kier molecular flexibility index (Phi) is 14.3. The topological polar surface area (TPSA) is 173 Å². The molecular weight excluding hydrogens is 416 g/mol. The highest BCUT2D eigenvalue weighted by molar-refractivity contribution is 8.13. The van der Waals surface area contributed by atoms with Gasteiger partial charge in [0.1, 0.15) is 6.10 Å². The summed E-state index contributed by atoms with van der Waals surface area (Å²) in [7, 11) is 0. The van der Waals surface area contributed by atoms with Crippen molar-refractivity contribution in [3.05, 3.63) is 0 Å². The van der Waals surface area contributed by atoms with E-state index < -0.39 is 29.5 Å². The summed E-state index contributed by atoms with van der Waals surface area (Å²) < 4.78 is 0. The average molecular weight is 451 g/mol. The lowest BCUT2D eigenvalue weighted by Crippen LogP contribution is -2.46. The van der Waals surface area contributed by atoms with Crippen LogP contribution in [0.4, 0.5) is 0 Å². The highest BCUT2D eigenvalue weighted by Gasteiger charge is 2.32. The van der Waals surface area contributed by atoms with Crippen LogP contribution in [0.25, 0.3) is 0 Å². The van der Waals surface area contributed by atoms with Crippen LogP contribution in [0.3, 0.4) is 0 Å². The zero-order chi connectivity index (χ0) is 23.2. The molecule has 0 aromatic carbocycles. The van der Waals surface area contributed by atoms with Gasteiger partial charge in [0.25, 0.3) is 0 Å². The van der Waals surface area contributed by atoms with E-state index in [1.807, 2.05) is 0 Å². The molecule has 0 aliphatic heterocycles. The van der Waals surface area contributed by atoms with Gasteiger partial charge in [0, 0.05) is 43.5 Å². The molecule has 0 aromatic rings. The fraction of sp³-hybridized carbons (Fsp3) is 0.789. The van der Waals surface area contributed by atoms with Crippen molar-refractivity contribution in [2.45, 2.75) is 64.6 Å². The minimum atomic E-state index is -1.39. The Morgan fingerprint density at radius 2 is 1.67 bits per heavy atom. The number of hydrogen-bond donors (Lipinski definition) is 6. The van der Waals surface area contributed by atoms with Crippen molar-refractivity contribution in [2.75, 3.05) is 25.4 Å². The number of unbranched alkanes of at least 4 members (excludes halogenated alkanes) is 1. The molecule has 11 heteroatoms. The minimum absolute atomic E-state index is 0.00564. The van der Waals surface area contributed by atoms with Crippen molar-refractivity contribution in [2.24, 2.45) is 5.41 Å². The number of aliphatic hydroxyl groups is 3. The average Bonchev–Trinajstić information content (AvgIpc) is 2.67. The molecule has 0 bridgehead atoms. The molecule has 0 heterocycles. The van der Waals surface area contributed by atoms with Crippen LogP contribution in [0.15, 0.2) is 0 Å². The molecule has 6 N–H and O–H groups in total. The molecule has 0 aliphatic rings. The number of carbonyl (C=O) groups is 4. The Labute approximate surface area is 180 Å². The van der Waals surface area contributed by atoms with Gasteiger partial charge in [-0.05, 0) is 12.8 Å². The summed E-state index contributed by atoms with van der Waals surface area (Å²) in [6.45, 7) is 3.00. The van der Waals surface area contributed by atoms with Crippen LogP contribution in [-0.4, -0.2) is 81.0 Å². The third-order valence-electron chi connectivity index (χ3n) is 4.31. The normalized spacial score (nSPS) is 13.4. The first-order valence-electron chi connectivity index (χ1n) is 9.88. The fourth-order valence-electron chi connectivity index (χ4n) is 2.29. The van der Waals surface area contributed by atoms with Gasteiger partial charge < -0.3 is 31.1 Å². The molecule has 0 saturated carbocycles. The lowest BCUT2D eigenvalue weighted by molar-refractivity contribution is -0.138. The van der Waals surface area contributed by atoms with Gasteiger partial charge in [-0.1, -0.05) is 32.0 Å². The van der Waals surface area contributed by atoms with Crippen LogP contribution in [0.5, 0.6) is 0 Å². The Hall–Kier alpha value is -1.69. The molecule has 0 rings (SSSR count). The number of nitrogens with one attached hydrogen (secondary N) is 2. The third kappa shape index (κ3) is 13.5. The summed E-state index contributed by atoms with van der Waals surface area (Å²) in [5.41, 5.74) is -0.984. The van der Waals surface area contributed by atoms with Crippen LogP contribution < -0.4 is 10.6 Å². The van der Waals surface area contributed by atoms with Crippen molar-refractivity contribution in [1.29, 1.82) is 0 Å². The lowest BCUT2D eigenvalue weighted by atomic mass is 9.87. The van der Waals surface area contributed by atoms with Crippen molar-refractivity contribution in [3.8, 4) is 0 Å². The van der Waals surface area contributed by atoms with Crippen LogP contribution >= 0.6 is 11.8 Å². The molecule has 174 valence electrons. The largest absolute Gasteiger partial charge is 0.481 e. The summed E-state index contributed by atoms with van der Waals surface area (Å²) in [5, 5.41) is 42.1. The van der Waals surface area contributed by atoms with Crippen LogP contribution in [0, 0.1) is 5.41 Å². The number of amides is 2. The number of carbonyl (C=O) groups excluding carboxylic acids is 3. The second-order valence-electron chi connectivity index (χ2n) is 7.66. The molecule has 2 amide bonds. The van der Waals surface area contributed by atoms with Gasteiger partial charge in [0.05, 0.1) is 12.7 Å². The number of aliphatic hydroxyl groups excluding tert-OH is 3. The summed E-state index contributed by atoms with van der Waals surface area (Å²) in [5.74, 6) is -1.53. The molecule has 2 unspecified atom stereocenters. The van der Waals surface area contributed by atoms with Crippen LogP contribution in [0.1, 0.15) is 52.4 Å². The molecular formula is C19H34N2O8S. The number of rotatable bonds is 16. The smallest absolute Gasteiger partial charge is 0.303 e. The van der Waals surface area contributed by atoms with E-state index in [9.17, 15) is 29.4 Å². The van der Waals surface area contributed by atoms with Crippen molar-refractivity contribution in [1.82, 2.24) is 10.6 Å². The third-order valence-corrected chi connectivity index (χ3v) is 5.21. The standard InChI is InChI=1S/C19H34N2O8S/c1-19(2,12-22)17(28)18(29)21-8-7-14(24)20-9-10-30-16(27)11-13(23)5-3-4-6-15(25)26/h13,17,22-23,28H,3-12H2,1-2H3,(H,20,24)(H,21,29)(H,25,26). The van der Waals surface area contributed by atoms with Crippen LogP contribution in [0.2, 0.25) is 0 Å². The van der Waals surface area contributed by atoms with Gasteiger partial charge in [-0.2, -0.15) is 0 Å². The molecule has 0 fully saturated rings. The van der Waals surface area contributed by atoms with E-state index in [4.69, 9.17) is 10.2 Å². The zero-order valence-corrected chi connectivity index (χ0v) is 18.4. The van der Waals surface area contributed by atoms with Crippen molar-refractivity contribution >= 4 is 34.7 Å². The quantitative estimate of drug-likeness (QED) is 0.172. The van der Waals surface area contributed by atoms with E-state index in [1.165, 1.54) is 0 Å². The molecule has 10 nitrogen and oxygen atoms in total. The highest BCUT2D eigenvalue weighted by atomic mass is 32.2. The Morgan fingerprint density at radius 3 is 2.27 bits per heavy atom. The summed E-state index contributed by atoms with van der Waals surface area (Å²) in [6.07, 6.45) is -0.809. The number of thioether (sulfide) groups is 1. The molecule has 30 heavy (non-hydrogen) atoms. The van der Waals surface area contributed by atoms with Crippen LogP contribution in [-0.2, 0) is 19.2 Å². The number of hydrogen-bond acceptors (Lipinski definition) is 8. The first kappa shape index (κ1) is 28.3. The lowest BCUT2D eigenvalue weighted by Gasteiger charge is -2.27. The van der Waals surface area contributed by atoms with E-state index in [0.717, 1.165) is 11.8 Å². The number of carboxylic acids is 1. The van der Waals surface area contributed by atoms with E-state index in [0.29, 0.717) is 25.0 Å². The monoisotopic (exact) mass is 450 g/mol. The van der Waals surface area contributed by atoms with Crippen molar-refractivity contribution in [3.63, 3.8) is 0 Å². The predicted molar refractivity (Wildman–Crippen MR) is 112 cm³/mol. The second kappa shape index (κ2) is 15.2. The van der Waals surface area contributed by atoms with Gasteiger partial charge in [0.15, 0.2) is 5.12 Å². The van der Waals surface area contributed by atoms with Crippen molar-refractivity contribution < 1.29 is 39.6 Å². The van der Waals surface area contributed by atoms with Gasteiger partial charge in [-0.15, -0.1) is 0 Å². The molecule has 0 aliphatic carbocycles. The van der Waals surface area contributed by atoms with E-state index in [-0.39, 0.29) is 50.0 Å². The zero-order valence-electron chi connectivity index (χ0n) is 17.6. The molecule has 0 radical (unpaired) electrons. The van der Waals surface area contributed by atoms with E-state index >= 15 is 0 Å². The number of carboxylic acid groups (broad SMARTS) is 1. The van der Waals surface area contributed by atoms with Gasteiger partial charge >= 0.3 is 5.97 Å². The molecule has 0 saturated heterocycles.